The molecule has 0 amide bonds. The highest BCUT2D eigenvalue weighted by atomic mass is 32.2. The number of halogens is 8. The highest BCUT2D eigenvalue weighted by molar-refractivity contribution is 7.92. The van der Waals surface area contributed by atoms with Gasteiger partial charge in [0.15, 0.2) is 9.84 Å². The molecular weight excluding hydrogens is 336 g/mol. The van der Waals surface area contributed by atoms with E-state index in [0.29, 0.717) is 0 Å². The standard InChI is InChI=1S/C10H14F8O2S/c1-2-7(3-4-8(11,12)10(16,17)18)21(19,20)6-5-9(13,14)15/h7H,2-6H2,1H3. The Bertz CT molecular complexity index is 423. The molecule has 0 bridgehead atoms. The minimum Gasteiger partial charge on any atom is -0.229 e. The molecule has 21 heavy (non-hydrogen) atoms. The van der Waals surface area contributed by atoms with E-state index in [0.717, 1.165) is 0 Å². The first-order valence-corrected chi connectivity index (χ1v) is 7.57. The molecule has 0 aliphatic rings. The van der Waals surface area contributed by atoms with Gasteiger partial charge in [0.1, 0.15) is 0 Å². The van der Waals surface area contributed by atoms with Crippen molar-refractivity contribution in [3.8, 4) is 0 Å². The predicted octanol–water partition coefficient (Wildman–Crippen LogP) is 4.11. The molecule has 0 rings (SSSR count). The van der Waals surface area contributed by atoms with Crippen LogP contribution in [-0.4, -0.2) is 37.7 Å². The van der Waals surface area contributed by atoms with E-state index in [1.54, 1.807) is 0 Å². The van der Waals surface area contributed by atoms with Crippen molar-refractivity contribution in [2.45, 2.75) is 56.1 Å². The SMILES string of the molecule is CCC(CCC(F)(F)C(F)(F)F)S(=O)(=O)CCC(F)(F)F. The minimum atomic E-state index is -5.82. The van der Waals surface area contributed by atoms with Gasteiger partial charge in [-0.15, -0.1) is 0 Å². The number of rotatable bonds is 7. The maximum atomic E-state index is 12.7. The molecule has 1 atom stereocenters. The maximum absolute atomic E-state index is 12.7. The van der Waals surface area contributed by atoms with Gasteiger partial charge >= 0.3 is 18.3 Å². The number of hydrogen-bond acceptors (Lipinski definition) is 2. The first kappa shape index (κ1) is 20.4. The highest BCUT2D eigenvalue weighted by Crippen LogP contribution is 2.39. The maximum Gasteiger partial charge on any atom is 0.453 e. The molecule has 0 heterocycles. The van der Waals surface area contributed by atoms with E-state index in [9.17, 15) is 43.5 Å². The quantitative estimate of drug-likeness (QED) is 0.648. The molecule has 0 saturated carbocycles. The summed E-state index contributed by atoms with van der Waals surface area (Å²) in [5, 5.41) is -1.66. The molecule has 0 fully saturated rings. The van der Waals surface area contributed by atoms with Crippen LogP contribution in [0.3, 0.4) is 0 Å². The Balaban J connectivity index is 4.80. The van der Waals surface area contributed by atoms with E-state index in [2.05, 4.69) is 0 Å². The van der Waals surface area contributed by atoms with Crippen molar-refractivity contribution < 1.29 is 43.5 Å². The molecule has 1 unspecified atom stereocenters. The van der Waals surface area contributed by atoms with Crippen molar-refractivity contribution >= 4 is 9.84 Å². The van der Waals surface area contributed by atoms with Gasteiger partial charge in [0.05, 0.1) is 17.4 Å². The third-order valence-corrected chi connectivity index (χ3v) is 5.19. The molecule has 0 saturated heterocycles. The van der Waals surface area contributed by atoms with Gasteiger partial charge in [-0.2, -0.15) is 35.1 Å². The zero-order valence-corrected chi connectivity index (χ0v) is 11.7. The van der Waals surface area contributed by atoms with Gasteiger partial charge < -0.3 is 0 Å². The first-order valence-electron chi connectivity index (χ1n) is 5.85. The number of alkyl halides is 8. The topological polar surface area (TPSA) is 34.1 Å². The summed E-state index contributed by atoms with van der Waals surface area (Å²) in [5.41, 5.74) is 0. The lowest BCUT2D eigenvalue weighted by Gasteiger charge is -2.22. The second kappa shape index (κ2) is 6.66. The fraction of sp³-hybridized carbons (Fsp3) is 1.00. The molecular formula is C10H14F8O2S. The van der Waals surface area contributed by atoms with E-state index in [4.69, 9.17) is 0 Å². The second-order valence-electron chi connectivity index (χ2n) is 4.50. The van der Waals surface area contributed by atoms with E-state index in [-0.39, 0.29) is 6.42 Å². The highest BCUT2D eigenvalue weighted by Gasteiger charge is 2.57. The van der Waals surface area contributed by atoms with Crippen molar-refractivity contribution in [2.75, 3.05) is 5.75 Å². The van der Waals surface area contributed by atoms with Crippen molar-refractivity contribution in [1.82, 2.24) is 0 Å². The van der Waals surface area contributed by atoms with Gasteiger partial charge in [0.25, 0.3) is 0 Å². The monoisotopic (exact) mass is 350 g/mol. The van der Waals surface area contributed by atoms with Gasteiger partial charge in [-0.3, -0.25) is 0 Å². The molecule has 0 aliphatic heterocycles. The summed E-state index contributed by atoms with van der Waals surface area (Å²) >= 11 is 0. The lowest BCUT2D eigenvalue weighted by molar-refractivity contribution is -0.284. The Kier molecular flexibility index (Phi) is 6.46. The van der Waals surface area contributed by atoms with Crippen LogP contribution in [0.5, 0.6) is 0 Å². The van der Waals surface area contributed by atoms with Crippen LogP contribution in [0.4, 0.5) is 35.1 Å². The lowest BCUT2D eigenvalue weighted by atomic mass is 10.1. The van der Waals surface area contributed by atoms with E-state index >= 15 is 0 Å². The van der Waals surface area contributed by atoms with E-state index in [1.165, 1.54) is 6.92 Å². The Morgan fingerprint density at radius 2 is 1.38 bits per heavy atom. The molecule has 0 aromatic heterocycles. The van der Waals surface area contributed by atoms with Crippen molar-refractivity contribution in [3.05, 3.63) is 0 Å². The third kappa shape index (κ3) is 6.79. The summed E-state index contributed by atoms with van der Waals surface area (Å²) in [5.74, 6) is -6.40. The van der Waals surface area contributed by atoms with Gasteiger partial charge in [-0.1, -0.05) is 6.92 Å². The fourth-order valence-electron chi connectivity index (χ4n) is 1.55. The summed E-state index contributed by atoms with van der Waals surface area (Å²) < 4.78 is 120. The van der Waals surface area contributed by atoms with Crippen LogP contribution in [0.2, 0.25) is 0 Å². The summed E-state index contributed by atoms with van der Waals surface area (Å²) in [6.45, 7) is 1.20. The zero-order valence-electron chi connectivity index (χ0n) is 10.9. The Morgan fingerprint density at radius 3 is 1.71 bits per heavy atom. The van der Waals surface area contributed by atoms with Crippen LogP contribution in [0.1, 0.15) is 32.6 Å². The van der Waals surface area contributed by atoms with Crippen molar-refractivity contribution in [2.24, 2.45) is 0 Å². The van der Waals surface area contributed by atoms with Gasteiger partial charge in [0, 0.05) is 6.42 Å². The van der Waals surface area contributed by atoms with Crippen LogP contribution < -0.4 is 0 Å². The van der Waals surface area contributed by atoms with Crippen LogP contribution in [0.15, 0.2) is 0 Å². The Morgan fingerprint density at radius 1 is 0.905 bits per heavy atom. The lowest BCUT2D eigenvalue weighted by Crippen LogP contribution is -2.38. The van der Waals surface area contributed by atoms with Gasteiger partial charge in [-0.25, -0.2) is 8.42 Å². The normalized spacial score (nSPS) is 16.0. The van der Waals surface area contributed by atoms with Crippen LogP contribution in [0.25, 0.3) is 0 Å². The molecule has 0 N–H and O–H groups in total. The van der Waals surface area contributed by atoms with Crippen LogP contribution in [-0.2, 0) is 9.84 Å². The number of sulfone groups is 1. The molecule has 0 spiro atoms. The first-order chi connectivity index (χ1) is 9.12. The molecule has 0 aromatic rings. The minimum absolute atomic E-state index is 0.339. The average molecular weight is 350 g/mol. The Hall–Kier alpha value is -0.610. The molecule has 11 heteroatoms. The van der Waals surface area contributed by atoms with E-state index in [1.807, 2.05) is 0 Å². The molecule has 0 aromatic carbocycles. The molecule has 0 radical (unpaired) electrons. The summed E-state index contributed by atoms with van der Waals surface area (Å²) in [6, 6.07) is 0. The smallest absolute Gasteiger partial charge is 0.229 e. The largest absolute Gasteiger partial charge is 0.453 e. The second-order valence-corrected chi connectivity index (χ2v) is 6.90. The molecule has 128 valence electrons. The number of hydrogen-bond donors (Lipinski definition) is 0. The Labute approximate surface area is 116 Å². The van der Waals surface area contributed by atoms with Gasteiger partial charge in [-0.05, 0) is 12.8 Å². The average Bonchev–Trinajstić information content (AvgIpc) is 2.24. The summed E-state index contributed by atoms with van der Waals surface area (Å²) in [6.07, 6.45) is -15.4. The molecule has 2 nitrogen and oxygen atoms in total. The third-order valence-electron chi connectivity index (χ3n) is 2.83. The van der Waals surface area contributed by atoms with Crippen LogP contribution in [0, 0.1) is 0 Å². The van der Waals surface area contributed by atoms with Crippen molar-refractivity contribution in [1.29, 1.82) is 0 Å². The summed E-state index contributed by atoms with van der Waals surface area (Å²) in [4.78, 5) is 0. The van der Waals surface area contributed by atoms with E-state index < -0.39 is 58.4 Å². The fourth-order valence-corrected chi connectivity index (χ4v) is 3.38. The molecule has 0 aliphatic carbocycles. The van der Waals surface area contributed by atoms with Crippen molar-refractivity contribution in [3.63, 3.8) is 0 Å². The van der Waals surface area contributed by atoms with Gasteiger partial charge in [0.2, 0.25) is 0 Å². The zero-order chi connectivity index (χ0) is 17.1. The predicted molar refractivity (Wildman–Crippen MR) is 58.8 cm³/mol. The summed E-state index contributed by atoms with van der Waals surface area (Å²) in [7, 11) is -4.39. The van der Waals surface area contributed by atoms with Crippen LogP contribution >= 0.6 is 0 Å².